The first-order chi connectivity index (χ1) is 14.2. The second-order valence-electron chi connectivity index (χ2n) is 11.7. The minimum atomic E-state index is -4.50. The second-order valence-corrected chi connectivity index (χ2v) is 13.1. The Labute approximate surface area is 195 Å². The second kappa shape index (κ2) is 11.8. The first-order valence-corrected chi connectivity index (χ1v) is 13.2. The summed E-state index contributed by atoms with van der Waals surface area (Å²) in [6.07, 6.45) is 8.76. The predicted molar refractivity (Wildman–Crippen MR) is 127 cm³/mol. The predicted octanol–water partition coefficient (Wildman–Crippen LogP) is 5.71. The van der Waals surface area contributed by atoms with Gasteiger partial charge < -0.3 is 9.47 Å². The van der Waals surface area contributed by atoms with E-state index in [1.54, 1.807) is 13.8 Å². The van der Waals surface area contributed by atoms with Crippen LogP contribution in [-0.2, 0) is 29.2 Å². The monoisotopic (exact) mass is 478 g/mol. The van der Waals surface area contributed by atoms with Gasteiger partial charge in [-0.05, 0) is 59.8 Å². The van der Waals surface area contributed by atoms with Gasteiger partial charge in [0.2, 0.25) is 0 Å². The number of carbonyl (C=O) groups is 2. The Bertz CT molecular complexity index is 713. The van der Waals surface area contributed by atoms with Gasteiger partial charge in [0.05, 0.1) is 5.41 Å². The first-order valence-electron chi connectivity index (χ1n) is 11.6. The third-order valence-electron chi connectivity index (χ3n) is 6.00. The summed E-state index contributed by atoms with van der Waals surface area (Å²) in [5, 5.41) is 0. The molecule has 0 saturated heterocycles. The summed E-state index contributed by atoms with van der Waals surface area (Å²) in [4.78, 5) is 24.7. The Morgan fingerprint density at radius 1 is 0.688 bits per heavy atom. The quantitative estimate of drug-likeness (QED) is 0.193. The number of carbonyl (C=O) groups excluding carboxylic acids is 2. The molecular weight excluding hydrogens is 432 g/mol. The van der Waals surface area contributed by atoms with Crippen molar-refractivity contribution in [2.75, 3.05) is 5.75 Å². The van der Waals surface area contributed by atoms with E-state index in [9.17, 15) is 18.0 Å². The van der Waals surface area contributed by atoms with Crippen molar-refractivity contribution in [2.24, 2.45) is 10.8 Å². The van der Waals surface area contributed by atoms with Gasteiger partial charge in [0.25, 0.3) is 10.1 Å². The maximum Gasteiger partial charge on any atom is 0.324 e. The SMILES string of the molecule is CC(C)(C)CCCCCCCCC(C)(C)C(=O)OC(C)(C)C(C)(C)OC(=O)CS(=O)(=O)O. The van der Waals surface area contributed by atoms with Crippen molar-refractivity contribution < 1.29 is 32.0 Å². The van der Waals surface area contributed by atoms with Gasteiger partial charge >= 0.3 is 11.9 Å². The van der Waals surface area contributed by atoms with Crippen LogP contribution in [-0.4, -0.2) is 41.9 Å². The van der Waals surface area contributed by atoms with Crippen LogP contribution in [0, 0.1) is 10.8 Å². The van der Waals surface area contributed by atoms with Gasteiger partial charge in [0, 0.05) is 0 Å². The van der Waals surface area contributed by atoms with Crippen LogP contribution in [0.2, 0.25) is 0 Å². The topological polar surface area (TPSA) is 107 Å². The molecule has 0 amide bonds. The molecule has 0 aliphatic rings. The Kier molecular flexibility index (Phi) is 11.4. The van der Waals surface area contributed by atoms with E-state index in [1.165, 1.54) is 39.5 Å². The van der Waals surface area contributed by atoms with Gasteiger partial charge in [-0.3, -0.25) is 14.1 Å². The number of esters is 2. The highest BCUT2D eigenvalue weighted by atomic mass is 32.2. The van der Waals surface area contributed by atoms with Gasteiger partial charge in [-0.1, -0.05) is 59.3 Å². The van der Waals surface area contributed by atoms with Gasteiger partial charge in [0.1, 0.15) is 11.2 Å². The van der Waals surface area contributed by atoms with E-state index in [0.717, 1.165) is 19.3 Å². The number of hydrogen-bond acceptors (Lipinski definition) is 6. The van der Waals surface area contributed by atoms with E-state index in [-0.39, 0.29) is 0 Å². The fourth-order valence-electron chi connectivity index (χ4n) is 3.11. The highest BCUT2D eigenvalue weighted by molar-refractivity contribution is 7.86. The Morgan fingerprint density at radius 2 is 1.09 bits per heavy atom. The number of hydrogen-bond donors (Lipinski definition) is 1. The van der Waals surface area contributed by atoms with Crippen molar-refractivity contribution in [2.45, 2.75) is 125 Å². The molecule has 0 aliphatic heterocycles. The molecule has 0 aromatic carbocycles. The molecule has 0 bridgehead atoms. The van der Waals surface area contributed by atoms with Crippen molar-refractivity contribution in [3.05, 3.63) is 0 Å². The van der Waals surface area contributed by atoms with Crippen LogP contribution < -0.4 is 0 Å². The molecule has 0 rings (SSSR count). The zero-order valence-electron chi connectivity index (χ0n) is 21.7. The zero-order valence-corrected chi connectivity index (χ0v) is 22.5. The smallest absolute Gasteiger partial charge is 0.324 e. The minimum absolute atomic E-state index is 0.390. The molecule has 0 atom stereocenters. The molecular formula is C24H46O7S. The molecule has 32 heavy (non-hydrogen) atoms. The van der Waals surface area contributed by atoms with Gasteiger partial charge in [-0.25, -0.2) is 0 Å². The standard InChI is InChI=1S/C24H46O7S/c1-21(2,3)16-14-12-10-11-13-15-17-22(4,5)20(26)31-24(8,9)23(6,7)30-19(25)18-32(27,28)29/h10-18H2,1-9H3,(H,27,28,29). The van der Waals surface area contributed by atoms with Gasteiger partial charge in [0.15, 0.2) is 5.75 Å². The number of unbranched alkanes of at least 4 members (excludes halogenated alkanes) is 5. The van der Waals surface area contributed by atoms with E-state index >= 15 is 0 Å². The van der Waals surface area contributed by atoms with Crippen LogP contribution in [0.3, 0.4) is 0 Å². The molecule has 0 aliphatic carbocycles. The molecule has 0 aromatic rings. The third kappa shape index (κ3) is 12.8. The van der Waals surface area contributed by atoms with Crippen LogP contribution in [0.1, 0.15) is 114 Å². The van der Waals surface area contributed by atoms with E-state index in [0.29, 0.717) is 11.8 Å². The molecule has 0 radical (unpaired) electrons. The van der Waals surface area contributed by atoms with E-state index in [2.05, 4.69) is 20.8 Å². The highest BCUT2D eigenvalue weighted by Gasteiger charge is 2.46. The fourth-order valence-corrected chi connectivity index (χ4v) is 3.47. The van der Waals surface area contributed by atoms with Crippen molar-refractivity contribution in [1.82, 2.24) is 0 Å². The van der Waals surface area contributed by atoms with Crippen LogP contribution in [0.4, 0.5) is 0 Å². The minimum Gasteiger partial charge on any atom is -0.455 e. The lowest BCUT2D eigenvalue weighted by atomic mass is 9.84. The Hall–Kier alpha value is -1.15. The Morgan fingerprint density at radius 3 is 1.53 bits per heavy atom. The number of ether oxygens (including phenoxy) is 2. The third-order valence-corrected chi connectivity index (χ3v) is 6.60. The van der Waals surface area contributed by atoms with Crippen LogP contribution >= 0.6 is 0 Å². The van der Waals surface area contributed by atoms with Crippen molar-refractivity contribution in [3.63, 3.8) is 0 Å². The number of rotatable bonds is 14. The van der Waals surface area contributed by atoms with E-state index < -0.39 is 44.4 Å². The lowest BCUT2D eigenvalue weighted by Crippen LogP contribution is -2.53. The summed E-state index contributed by atoms with van der Waals surface area (Å²) in [5.74, 6) is -2.66. The molecule has 7 nitrogen and oxygen atoms in total. The Balaban J connectivity index is 4.58. The van der Waals surface area contributed by atoms with Crippen LogP contribution in [0.5, 0.6) is 0 Å². The van der Waals surface area contributed by atoms with Gasteiger partial charge in [-0.15, -0.1) is 0 Å². The van der Waals surface area contributed by atoms with Crippen LogP contribution in [0.15, 0.2) is 0 Å². The van der Waals surface area contributed by atoms with Gasteiger partial charge in [-0.2, -0.15) is 8.42 Å². The lowest BCUT2D eigenvalue weighted by molar-refractivity contribution is -0.203. The summed E-state index contributed by atoms with van der Waals surface area (Å²) in [6.45, 7) is 16.8. The maximum atomic E-state index is 12.8. The molecule has 0 saturated carbocycles. The average molecular weight is 479 g/mol. The highest BCUT2D eigenvalue weighted by Crippen LogP contribution is 2.34. The normalized spacial score (nSPS) is 13.7. The lowest BCUT2D eigenvalue weighted by Gasteiger charge is -2.41. The summed E-state index contributed by atoms with van der Waals surface area (Å²) in [7, 11) is -4.50. The maximum absolute atomic E-state index is 12.8. The zero-order chi connectivity index (χ0) is 25.4. The molecule has 0 heterocycles. The van der Waals surface area contributed by atoms with E-state index in [4.69, 9.17) is 14.0 Å². The molecule has 0 fully saturated rings. The van der Waals surface area contributed by atoms with Crippen molar-refractivity contribution in [1.29, 1.82) is 0 Å². The first kappa shape index (κ1) is 30.9. The molecule has 1 N–H and O–H groups in total. The summed E-state index contributed by atoms with van der Waals surface area (Å²) >= 11 is 0. The van der Waals surface area contributed by atoms with E-state index in [1.807, 2.05) is 13.8 Å². The summed E-state index contributed by atoms with van der Waals surface area (Å²) in [5.41, 5.74) is -2.81. The molecule has 8 heteroatoms. The molecule has 190 valence electrons. The average Bonchev–Trinajstić information content (AvgIpc) is 2.53. The molecule has 0 spiro atoms. The molecule has 0 aromatic heterocycles. The molecule has 0 unspecified atom stereocenters. The van der Waals surface area contributed by atoms with Crippen LogP contribution in [0.25, 0.3) is 0 Å². The fraction of sp³-hybridized carbons (Fsp3) is 0.917. The summed E-state index contributed by atoms with van der Waals surface area (Å²) < 4.78 is 41.5. The largest absolute Gasteiger partial charge is 0.455 e. The summed E-state index contributed by atoms with van der Waals surface area (Å²) in [6, 6.07) is 0. The van der Waals surface area contributed by atoms with Crippen molar-refractivity contribution in [3.8, 4) is 0 Å². The van der Waals surface area contributed by atoms with Crippen molar-refractivity contribution >= 4 is 22.1 Å².